The smallest absolute Gasteiger partial charge is 0.223 e. The van der Waals surface area contributed by atoms with Crippen molar-refractivity contribution in [1.82, 2.24) is 29.9 Å². The molecule has 29 heavy (non-hydrogen) atoms. The van der Waals surface area contributed by atoms with Crippen molar-refractivity contribution in [2.75, 3.05) is 31.8 Å². The van der Waals surface area contributed by atoms with Crippen molar-refractivity contribution in [3.8, 4) is 17.3 Å². The number of pyridine rings is 2. The van der Waals surface area contributed by atoms with E-state index in [2.05, 4.69) is 35.3 Å². The molecular formula is C19H21N9O. The highest BCUT2D eigenvalue weighted by atomic mass is 16.5. The first-order valence-corrected chi connectivity index (χ1v) is 9.02. The maximum atomic E-state index is 5.85. The summed E-state index contributed by atoms with van der Waals surface area (Å²) in [6.45, 7) is 2.56. The van der Waals surface area contributed by atoms with E-state index in [1.165, 1.54) is 0 Å². The maximum absolute atomic E-state index is 5.85. The first-order chi connectivity index (χ1) is 14.0. The van der Waals surface area contributed by atoms with E-state index in [4.69, 9.17) is 10.5 Å². The summed E-state index contributed by atoms with van der Waals surface area (Å²) in [5, 5.41) is 9.48. The van der Waals surface area contributed by atoms with Gasteiger partial charge in [-0.1, -0.05) is 0 Å². The molecule has 0 spiro atoms. The molecule has 1 unspecified atom stereocenters. The third-order valence-corrected chi connectivity index (χ3v) is 4.46. The first kappa shape index (κ1) is 18.5. The van der Waals surface area contributed by atoms with Crippen LogP contribution in [-0.2, 0) is 0 Å². The molecule has 3 N–H and O–H groups in total. The highest BCUT2D eigenvalue weighted by Gasteiger charge is 2.20. The van der Waals surface area contributed by atoms with Gasteiger partial charge in [-0.2, -0.15) is 15.1 Å². The molecule has 0 saturated carbocycles. The zero-order valence-electron chi connectivity index (χ0n) is 16.4. The number of hydrogen-bond acceptors (Lipinski definition) is 10. The second-order valence-electron chi connectivity index (χ2n) is 6.65. The monoisotopic (exact) mass is 391 g/mol. The van der Waals surface area contributed by atoms with Gasteiger partial charge in [-0.25, -0.2) is 15.0 Å². The number of anilines is 3. The summed E-state index contributed by atoms with van der Waals surface area (Å²) < 4.78 is 5.11. The van der Waals surface area contributed by atoms with Crippen LogP contribution < -0.4 is 15.8 Å². The minimum absolute atomic E-state index is 0.142. The van der Waals surface area contributed by atoms with Crippen molar-refractivity contribution < 1.29 is 4.74 Å². The normalized spacial score (nSPS) is 15.6. The number of nitrogens with two attached hydrogens (primary N) is 1. The molecule has 0 amide bonds. The Morgan fingerprint density at radius 3 is 2.69 bits per heavy atom. The summed E-state index contributed by atoms with van der Waals surface area (Å²) >= 11 is 0. The minimum atomic E-state index is 0.142. The lowest BCUT2D eigenvalue weighted by Crippen LogP contribution is -2.13. The number of hydrogen-bond donors (Lipinski definition) is 2. The van der Waals surface area contributed by atoms with Gasteiger partial charge < -0.3 is 15.8 Å². The fourth-order valence-corrected chi connectivity index (χ4v) is 3.05. The Bertz CT molecular complexity index is 1030. The third-order valence-electron chi connectivity index (χ3n) is 4.46. The Hall–Kier alpha value is -3.82. The number of rotatable bonds is 5. The zero-order chi connectivity index (χ0) is 20.4. The largest absolute Gasteiger partial charge is 0.481 e. The molecule has 1 atom stereocenters. The molecule has 3 aromatic heterocycles. The Kier molecular flexibility index (Phi) is 4.90. The summed E-state index contributed by atoms with van der Waals surface area (Å²) in [5.41, 5.74) is 8.35. The molecule has 1 aliphatic rings. The number of nitrogens with zero attached hydrogens (tertiary/aromatic N) is 7. The van der Waals surface area contributed by atoms with Crippen LogP contribution in [0.4, 0.5) is 17.5 Å². The van der Waals surface area contributed by atoms with Gasteiger partial charge >= 0.3 is 0 Å². The van der Waals surface area contributed by atoms with E-state index in [9.17, 15) is 0 Å². The molecule has 3 aromatic rings. The lowest BCUT2D eigenvalue weighted by Gasteiger charge is -2.15. The molecule has 1 aliphatic heterocycles. The standard InChI is InChI=1S/C19H21N9O/c1-11-24-18(27-19(20)25-11)15-6-12(13-8-23-28(2)10-13)7-22-17(15)26-14-4-5-16(29-3)21-9-14/h4-9,13H,10H2,1-3H3,(H,22,26)(H2,20,24,25,27). The molecule has 0 bridgehead atoms. The number of methoxy groups -OCH3 is 1. The molecule has 0 radical (unpaired) electrons. The number of aromatic nitrogens is 5. The van der Waals surface area contributed by atoms with Crippen LogP contribution in [0.15, 0.2) is 35.7 Å². The SMILES string of the molecule is COc1ccc(Nc2ncc(C3C=NN(C)C3)cc2-c2nc(C)nc(N)n2)cn1. The number of ether oxygens (including phenoxy) is 1. The van der Waals surface area contributed by atoms with Gasteiger partial charge in [0.1, 0.15) is 11.6 Å². The van der Waals surface area contributed by atoms with Gasteiger partial charge in [0.05, 0.1) is 24.6 Å². The lowest BCUT2D eigenvalue weighted by molar-refractivity contribution is 0.381. The number of nitrogen functional groups attached to an aromatic ring is 1. The Morgan fingerprint density at radius 2 is 2.03 bits per heavy atom. The number of nitrogens with one attached hydrogen (secondary N) is 1. The van der Waals surface area contributed by atoms with Crippen molar-refractivity contribution in [2.45, 2.75) is 12.8 Å². The zero-order valence-corrected chi connectivity index (χ0v) is 16.4. The van der Waals surface area contributed by atoms with Gasteiger partial charge in [0.15, 0.2) is 5.82 Å². The second-order valence-corrected chi connectivity index (χ2v) is 6.65. The first-order valence-electron chi connectivity index (χ1n) is 9.02. The van der Waals surface area contributed by atoms with Gasteiger partial charge in [-0.3, -0.25) is 5.01 Å². The topological polar surface area (TPSA) is 127 Å². The van der Waals surface area contributed by atoms with Crippen LogP contribution in [-0.4, -0.2) is 56.8 Å². The number of hydrazone groups is 1. The Morgan fingerprint density at radius 1 is 1.17 bits per heavy atom. The Balaban J connectivity index is 1.75. The van der Waals surface area contributed by atoms with Crippen LogP contribution >= 0.6 is 0 Å². The van der Waals surface area contributed by atoms with E-state index in [0.29, 0.717) is 23.3 Å². The summed E-state index contributed by atoms with van der Waals surface area (Å²) in [6, 6.07) is 5.64. The molecule has 0 aliphatic carbocycles. The number of likely N-dealkylation sites (N-methyl/N-ethyl adjacent to an activating group) is 1. The van der Waals surface area contributed by atoms with E-state index < -0.39 is 0 Å². The van der Waals surface area contributed by atoms with Crippen LogP contribution in [0.5, 0.6) is 5.88 Å². The van der Waals surface area contributed by atoms with Gasteiger partial charge in [0, 0.05) is 38.0 Å². The van der Waals surface area contributed by atoms with E-state index in [1.807, 2.05) is 36.6 Å². The van der Waals surface area contributed by atoms with Crippen molar-refractivity contribution in [1.29, 1.82) is 0 Å². The molecule has 4 heterocycles. The third kappa shape index (κ3) is 4.05. The summed E-state index contributed by atoms with van der Waals surface area (Å²) in [5.74, 6) is 2.42. The van der Waals surface area contributed by atoms with Crippen LogP contribution in [0.2, 0.25) is 0 Å². The molecule has 148 valence electrons. The highest BCUT2D eigenvalue weighted by Crippen LogP contribution is 2.30. The summed E-state index contributed by atoms with van der Waals surface area (Å²) in [7, 11) is 3.51. The fourth-order valence-electron chi connectivity index (χ4n) is 3.05. The van der Waals surface area contributed by atoms with E-state index >= 15 is 0 Å². The molecule has 10 nitrogen and oxygen atoms in total. The molecule has 0 fully saturated rings. The molecular weight excluding hydrogens is 370 g/mol. The average molecular weight is 391 g/mol. The van der Waals surface area contributed by atoms with Gasteiger partial charge in [-0.15, -0.1) is 0 Å². The quantitative estimate of drug-likeness (QED) is 0.671. The predicted octanol–water partition coefficient (Wildman–Crippen LogP) is 1.99. The molecule has 10 heteroatoms. The second kappa shape index (κ2) is 7.66. The van der Waals surface area contributed by atoms with Crippen LogP contribution in [0, 0.1) is 6.92 Å². The van der Waals surface area contributed by atoms with Gasteiger partial charge in [0.25, 0.3) is 0 Å². The van der Waals surface area contributed by atoms with Crippen molar-refractivity contribution >= 4 is 23.7 Å². The minimum Gasteiger partial charge on any atom is -0.481 e. The average Bonchev–Trinajstić information content (AvgIpc) is 3.14. The molecule has 0 aromatic carbocycles. The number of aryl methyl sites for hydroxylation is 1. The fraction of sp³-hybridized carbons (Fsp3) is 0.263. The lowest BCUT2D eigenvalue weighted by atomic mass is 10.0. The Labute approximate surface area is 167 Å². The predicted molar refractivity (Wildman–Crippen MR) is 110 cm³/mol. The molecule has 0 saturated heterocycles. The van der Waals surface area contributed by atoms with Crippen LogP contribution in [0.3, 0.4) is 0 Å². The van der Waals surface area contributed by atoms with E-state index in [1.54, 1.807) is 26.3 Å². The van der Waals surface area contributed by atoms with Crippen LogP contribution in [0.1, 0.15) is 17.3 Å². The maximum Gasteiger partial charge on any atom is 0.223 e. The van der Waals surface area contributed by atoms with Crippen LogP contribution in [0.25, 0.3) is 11.4 Å². The van der Waals surface area contributed by atoms with Gasteiger partial charge in [-0.05, 0) is 24.6 Å². The van der Waals surface area contributed by atoms with E-state index in [-0.39, 0.29) is 11.9 Å². The summed E-state index contributed by atoms with van der Waals surface area (Å²) in [6.07, 6.45) is 5.41. The van der Waals surface area contributed by atoms with Crippen molar-refractivity contribution in [2.24, 2.45) is 5.10 Å². The van der Waals surface area contributed by atoms with Gasteiger partial charge in [0.2, 0.25) is 11.8 Å². The highest BCUT2D eigenvalue weighted by molar-refractivity contribution is 5.77. The molecule has 4 rings (SSSR count). The van der Waals surface area contributed by atoms with Crippen molar-refractivity contribution in [3.63, 3.8) is 0 Å². The van der Waals surface area contributed by atoms with E-state index in [0.717, 1.165) is 23.4 Å². The van der Waals surface area contributed by atoms with Crippen molar-refractivity contribution in [3.05, 3.63) is 42.0 Å². The summed E-state index contributed by atoms with van der Waals surface area (Å²) in [4.78, 5) is 21.7.